The first-order chi connectivity index (χ1) is 8.32. The molecule has 1 aromatic rings. The number of hydrogen-bond acceptors (Lipinski definition) is 3. The van der Waals surface area contributed by atoms with Crippen LogP contribution in [0.4, 0.5) is 15.8 Å². The van der Waals surface area contributed by atoms with Crippen molar-refractivity contribution in [2.24, 2.45) is 11.8 Å². The molecule has 0 aromatic heterocycles. The number of anilines is 1. The average Bonchev–Trinajstić information content (AvgIpc) is 2.29. The quantitative estimate of drug-likeness (QED) is 0.486. The summed E-state index contributed by atoms with van der Waals surface area (Å²) in [5.41, 5.74) is 0.155. The van der Waals surface area contributed by atoms with E-state index in [0.29, 0.717) is 18.4 Å². The van der Waals surface area contributed by atoms with Crippen molar-refractivity contribution in [3.63, 3.8) is 0 Å². The number of rotatable bonds is 5. The lowest BCUT2D eigenvalue weighted by Gasteiger charge is -2.17. The number of nitro groups is 1. The summed E-state index contributed by atoms with van der Waals surface area (Å²) in [5.74, 6) is 0.373. The van der Waals surface area contributed by atoms with Gasteiger partial charge in [-0.05, 0) is 34.4 Å². The van der Waals surface area contributed by atoms with E-state index in [9.17, 15) is 14.5 Å². The molecule has 6 heteroatoms. The lowest BCUT2D eigenvalue weighted by molar-refractivity contribution is -0.384. The van der Waals surface area contributed by atoms with E-state index in [4.69, 9.17) is 0 Å². The Balaban J connectivity index is 2.93. The molecule has 0 aliphatic carbocycles. The van der Waals surface area contributed by atoms with Crippen molar-refractivity contribution in [2.45, 2.75) is 20.8 Å². The summed E-state index contributed by atoms with van der Waals surface area (Å²) in [5, 5.41) is 13.9. The van der Waals surface area contributed by atoms with Gasteiger partial charge in [-0.15, -0.1) is 0 Å². The van der Waals surface area contributed by atoms with Crippen LogP contribution in [0.1, 0.15) is 20.8 Å². The zero-order chi connectivity index (χ0) is 13.9. The topological polar surface area (TPSA) is 55.2 Å². The van der Waals surface area contributed by atoms with Gasteiger partial charge in [0.05, 0.1) is 8.49 Å². The molecule has 1 rings (SSSR count). The normalized spacial score (nSPS) is 12.6. The molecule has 1 unspecified atom stereocenters. The van der Waals surface area contributed by atoms with Gasteiger partial charge >= 0.3 is 0 Å². The summed E-state index contributed by atoms with van der Waals surface area (Å²) in [6.07, 6.45) is 0. The minimum Gasteiger partial charge on any atom is -0.379 e. The van der Waals surface area contributed by atoms with Gasteiger partial charge in [0.2, 0.25) is 0 Å². The van der Waals surface area contributed by atoms with Crippen LogP contribution in [0.2, 0.25) is 0 Å². The SMILES string of the molecule is CC(C)C(C)CNc1cc(F)c(I)cc1[N+](=O)[O-]. The number of nitro benzene ring substituents is 1. The van der Waals surface area contributed by atoms with E-state index in [1.54, 1.807) is 22.6 Å². The third kappa shape index (κ3) is 3.79. The van der Waals surface area contributed by atoms with Crippen LogP contribution in [-0.2, 0) is 0 Å². The predicted molar refractivity (Wildman–Crippen MR) is 78.3 cm³/mol. The van der Waals surface area contributed by atoms with Crippen LogP contribution >= 0.6 is 22.6 Å². The van der Waals surface area contributed by atoms with Gasteiger partial charge < -0.3 is 5.32 Å². The van der Waals surface area contributed by atoms with Gasteiger partial charge in [0, 0.05) is 18.7 Å². The molecule has 1 aromatic carbocycles. The molecule has 0 aliphatic rings. The molecule has 1 N–H and O–H groups in total. The molecular formula is C12H16FIN2O2. The van der Waals surface area contributed by atoms with E-state index < -0.39 is 10.7 Å². The second kappa shape index (κ2) is 6.31. The zero-order valence-corrected chi connectivity index (χ0v) is 12.7. The highest BCUT2D eigenvalue weighted by atomic mass is 127. The molecule has 0 spiro atoms. The fourth-order valence-corrected chi connectivity index (χ4v) is 1.79. The largest absolute Gasteiger partial charge is 0.379 e. The fraction of sp³-hybridized carbons (Fsp3) is 0.500. The van der Waals surface area contributed by atoms with Crippen LogP contribution in [0.5, 0.6) is 0 Å². The number of nitrogens with one attached hydrogen (secondary N) is 1. The first-order valence-corrected chi connectivity index (χ1v) is 6.78. The standard InChI is InChI=1S/C12H16FIN2O2/c1-7(2)8(3)6-15-11-4-9(13)10(14)5-12(11)16(17)18/h4-5,7-8,15H,6H2,1-3H3. The molecule has 0 aliphatic heterocycles. The van der Waals surface area contributed by atoms with Crippen molar-refractivity contribution in [1.82, 2.24) is 0 Å². The molecule has 0 heterocycles. The van der Waals surface area contributed by atoms with E-state index in [2.05, 4.69) is 19.2 Å². The fourth-order valence-electron chi connectivity index (χ4n) is 1.34. The summed E-state index contributed by atoms with van der Waals surface area (Å²) in [4.78, 5) is 10.4. The molecule has 0 saturated carbocycles. The maximum atomic E-state index is 13.4. The van der Waals surface area contributed by atoms with Gasteiger partial charge in [0.1, 0.15) is 11.5 Å². The van der Waals surface area contributed by atoms with E-state index in [-0.39, 0.29) is 14.9 Å². The number of benzene rings is 1. The third-order valence-corrected chi connectivity index (χ3v) is 3.81. The first-order valence-electron chi connectivity index (χ1n) is 5.70. The molecular weight excluding hydrogens is 350 g/mol. The summed E-state index contributed by atoms with van der Waals surface area (Å²) in [7, 11) is 0. The Bertz CT molecular complexity index is 452. The smallest absolute Gasteiger partial charge is 0.293 e. The number of hydrogen-bond donors (Lipinski definition) is 1. The van der Waals surface area contributed by atoms with Crippen LogP contribution in [0, 0.1) is 31.3 Å². The molecule has 0 bridgehead atoms. The van der Waals surface area contributed by atoms with Gasteiger partial charge in [0.15, 0.2) is 0 Å². The summed E-state index contributed by atoms with van der Waals surface area (Å²) in [6.45, 7) is 6.79. The van der Waals surface area contributed by atoms with Gasteiger partial charge in [-0.2, -0.15) is 0 Å². The third-order valence-electron chi connectivity index (χ3n) is 2.99. The average molecular weight is 366 g/mol. The summed E-state index contributed by atoms with van der Waals surface area (Å²) >= 11 is 1.75. The van der Waals surface area contributed by atoms with Gasteiger partial charge in [0.25, 0.3) is 5.69 Å². The van der Waals surface area contributed by atoms with E-state index in [1.165, 1.54) is 12.1 Å². The first kappa shape index (κ1) is 15.1. The lowest BCUT2D eigenvalue weighted by atomic mass is 9.98. The van der Waals surface area contributed by atoms with Gasteiger partial charge in [-0.3, -0.25) is 10.1 Å². The number of nitrogens with zero attached hydrogens (tertiary/aromatic N) is 1. The van der Waals surface area contributed by atoms with Crippen molar-refractivity contribution in [1.29, 1.82) is 0 Å². The lowest BCUT2D eigenvalue weighted by Crippen LogP contribution is -2.17. The van der Waals surface area contributed by atoms with Crippen LogP contribution in [0.25, 0.3) is 0 Å². The second-order valence-electron chi connectivity index (χ2n) is 4.64. The molecule has 0 amide bonds. The highest BCUT2D eigenvalue weighted by Crippen LogP contribution is 2.29. The molecule has 0 saturated heterocycles. The maximum absolute atomic E-state index is 13.4. The van der Waals surface area contributed by atoms with E-state index >= 15 is 0 Å². The summed E-state index contributed by atoms with van der Waals surface area (Å²) < 4.78 is 13.7. The zero-order valence-electron chi connectivity index (χ0n) is 10.5. The van der Waals surface area contributed by atoms with Crippen molar-refractivity contribution in [2.75, 3.05) is 11.9 Å². The van der Waals surface area contributed by atoms with Crippen LogP contribution in [0.3, 0.4) is 0 Å². The second-order valence-corrected chi connectivity index (χ2v) is 5.80. The van der Waals surface area contributed by atoms with E-state index in [0.717, 1.165) is 0 Å². The molecule has 0 radical (unpaired) electrons. The highest BCUT2D eigenvalue weighted by molar-refractivity contribution is 14.1. The molecule has 1 atom stereocenters. The van der Waals surface area contributed by atoms with E-state index in [1.807, 2.05) is 6.92 Å². The molecule has 4 nitrogen and oxygen atoms in total. The molecule has 18 heavy (non-hydrogen) atoms. The minimum absolute atomic E-state index is 0.0863. The van der Waals surface area contributed by atoms with Crippen molar-refractivity contribution < 1.29 is 9.31 Å². The molecule has 100 valence electrons. The van der Waals surface area contributed by atoms with Crippen molar-refractivity contribution >= 4 is 34.0 Å². The Morgan fingerprint density at radius 2 is 2.06 bits per heavy atom. The highest BCUT2D eigenvalue weighted by Gasteiger charge is 2.18. The van der Waals surface area contributed by atoms with Gasteiger partial charge in [-0.25, -0.2) is 4.39 Å². The van der Waals surface area contributed by atoms with Crippen molar-refractivity contribution in [3.8, 4) is 0 Å². The van der Waals surface area contributed by atoms with Crippen LogP contribution in [0.15, 0.2) is 12.1 Å². The monoisotopic (exact) mass is 366 g/mol. The maximum Gasteiger partial charge on any atom is 0.293 e. The Morgan fingerprint density at radius 3 is 2.56 bits per heavy atom. The van der Waals surface area contributed by atoms with Gasteiger partial charge in [-0.1, -0.05) is 20.8 Å². The predicted octanol–water partition coefficient (Wildman–Crippen LogP) is 4.04. The van der Waals surface area contributed by atoms with Crippen LogP contribution in [-0.4, -0.2) is 11.5 Å². The minimum atomic E-state index is -0.496. The number of halogens is 2. The summed E-state index contributed by atoms with van der Waals surface area (Å²) in [6, 6.07) is 2.44. The van der Waals surface area contributed by atoms with Crippen LogP contribution < -0.4 is 5.32 Å². The Kier molecular flexibility index (Phi) is 5.30. The molecule has 0 fully saturated rings. The Labute approximate surface area is 119 Å². The Morgan fingerprint density at radius 1 is 1.44 bits per heavy atom. The van der Waals surface area contributed by atoms with Crippen molar-refractivity contribution in [3.05, 3.63) is 31.6 Å². The Hall–Kier alpha value is -0.920.